The second-order valence-electron chi connectivity index (χ2n) is 7.84. The fourth-order valence-corrected chi connectivity index (χ4v) is 4.24. The Morgan fingerprint density at radius 3 is 2.41 bits per heavy atom. The highest BCUT2D eigenvalue weighted by Crippen LogP contribution is 2.26. The van der Waals surface area contributed by atoms with Gasteiger partial charge in [0.05, 0.1) is 0 Å². The van der Waals surface area contributed by atoms with Crippen LogP contribution in [-0.2, 0) is 23.3 Å². The molecule has 7 heteroatoms. The van der Waals surface area contributed by atoms with Crippen molar-refractivity contribution in [3.8, 4) is 0 Å². The molecule has 2 heterocycles. The van der Waals surface area contributed by atoms with Crippen molar-refractivity contribution in [3.63, 3.8) is 0 Å². The van der Waals surface area contributed by atoms with Gasteiger partial charge < -0.3 is 15.5 Å². The molecular formula is C22H31IN4OS. The van der Waals surface area contributed by atoms with Gasteiger partial charge in [0.1, 0.15) is 0 Å². The summed E-state index contributed by atoms with van der Waals surface area (Å²) in [5, 5.41) is 8.84. The maximum absolute atomic E-state index is 12.5. The maximum Gasteiger partial charge on any atom is 0.223 e. The lowest BCUT2D eigenvalue weighted by molar-refractivity contribution is -0.131. The first kappa shape index (κ1) is 23.7. The van der Waals surface area contributed by atoms with Gasteiger partial charge in [-0.05, 0) is 29.0 Å². The highest BCUT2D eigenvalue weighted by atomic mass is 127. The number of fused-ring (bicyclic) bond motifs is 1. The van der Waals surface area contributed by atoms with E-state index in [0.717, 1.165) is 38.6 Å². The molecule has 3 rings (SSSR count). The van der Waals surface area contributed by atoms with Crippen LogP contribution in [0.3, 0.4) is 0 Å². The summed E-state index contributed by atoms with van der Waals surface area (Å²) in [5.74, 6) is 1.01. The third kappa shape index (κ3) is 6.44. The van der Waals surface area contributed by atoms with Crippen molar-refractivity contribution in [1.82, 2.24) is 15.5 Å². The molecule has 0 radical (unpaired) electrons. The fraction of sp³-hybridized carbons (Fsp3) is 0.455. The van der Waals surface area contributed by atoms with E-state index in [1.165, 1.54) is 16.0 Å². The van der Waals surface area contributed by atoms with Crippen LogP contribution in [0.4, 0.5) is 0 Å². The number of benzene rings is 1. The second kappa shape index (κ2) is 11.0. The predicted molar refractivity (Wildman–Crippen MR) is 132 cm³/mol. The molecule has 0 saturated heterocycles. The van der Waals surface area contributed by atoms with Gasteiger partial charge in [-0.1, -0.05) is 44.2 Å². The number of nitrogens with one attached hydrogen (secondary N) is 2. The normalized spacial score (nSPS) is 13.6. The van der Waals surface area contributed by atoms with Crippen LogP contribution in [0, 0.1) is 0 Å². The Bertz CT molecular complexity index is 795. The van der Waals surface area contributed by atoms with Crippen molar-refractivity contribution in [2.75, 3.05) is 20.1 Å². The van der Waals surface area contributed by atoms with Gasteiger partial charge in [-0.3, -0.25) is 9.79 Å². The molecule has 0 atom stereocenters. The molecule has 1 aliphatic rings. The smallest absolute Gasteiger partial charge is 0.223 e. The zero-order chi connectivity index (χ0) is 20.0. The van der Waals surface area contributed by atoms with Crippen molar-refractivity contribution >= 4 is 47.2 Å². The predicted octanol–water partition coefficient (Wildman–Crippen LogP) is 4.13. The molecule has 0 bridgehead atoms. The van der Waals surface area contributed by atoms with E-state index in [-0.39, 0.29) is 35.3 Å². The molecule has 0 fully saturated rings. The monoisotopic (exact) mass is 526 g/mol. The molecule has 5 nitrogen and oxygen atoms in total. The molecule has 0 aliphatic carbocycles. The Labute approximate surface area is 195 Å². The number of rotatable bonds is 7. The lowest BCUT2D eigenvalue weighted by Crippen LogP contribution is -2.43. The summed E-state index contributed by atoms with van der Waals surface area (Å²) < 4.78 is 0. The number of thiophene rings is 1. The average molecular weight is 526 g/mol. The molecule has 1 aliphatic heterocycles. The van der Waals surface area contributed by atoms with Crippen LogP contribution in [0.1, 0.15) is 42.7 Å². The van der Waals surface area contributed by atoms with Gasteiger partial charge in [0.2, 0.25) is 5.91 Å². The Morgan fingerprint density at radius 2 is 1.83 bits per heavy atom. The zero-order valence-corrected chi connectivity index (χ0v) is 20.6. The number of nitrogens with zero attached hydrogens (tertiary/aromatic N) is 2. The number of amides is 1. The maximum atomic E-state index is 12.5. The van der Waals surface area contributed by atoms with Crippen molar-refractivity contribution in [3.05, 3.63) is 57.8 Å². The van der Waals surface area contributed by atoms with E-state index in [1.807, 2.05) is 17.0 Å². The van der Waals surface area contributed by atoms with E-state index in [9.17, 15) is 4.79 Å². The summed E-state index contributed by atoms with van der Waals surface area (Å²) in [7, 11) is 1.78. The van der Waals surface area contributed by atoms with Crippen molar-refractivity contribution in [1.29, 1.82) is 0 Å². The molecule has 2 aromatic rings. The van der Waals surface area contributed by atoms with Crippen molar-refractivity contribution in [2.24, 2.45) is 4.99 Å². The number of hydrogen-bond acceptors (Lipinski definition) is 3. The number of carbonyl (C=O) groups is 1. The highest BCUT2D eigenvalue weighted by molar-refractivity contribution is 14.0. The topological polar surface area (TPSA) is 56.7 Å². The molecule has 158 valence electrons. The number of halogens is 1. The summed E-state index contributed by atoms with van der Waals surface area (Å²) in [6.07, 6.45) is 1.35. The van der Waals surface area contributed by atoms with E-state index >= 15 is 0 Å². The Morgan fingerprint density at radius 1 is 1.14 bits per heavy atom. The number of aliphatic imine (C=N–C) groups is 1. The summed E-state index contributed by atoms with van der Waals surface area (Å²) in [4.78, 5) is 20.1. The van der Waals surface area contributed by atoms with Gasteiger partial charge in [-0.2, -0.15) is 0 Å². The summed E-state index contributed by atoms with van der Waals surface area (Å²) in [6, 6.07) is 12.6. The highest BCUT2D eigenvalue weighted by Gasteiger charge is 2.23. The molecule has 1 aromatic heterocycles. The van der Waals surface area contributed by atoms with Crippen LogP contribution in [0.5, 0.6) is 0 Å². The molecular weight excluding hydrogens is 495 g/mol. The fourth-order valence-electron chi connectivity index (χ4n) is 3.39. The van der Waals surface area contributed by atoms with Crippen LogP contribution >= 0.6 is 35.3 Å². The van der Waals surface area contributed by atoms with Crippen LogP contribution in [-0.4, -0.2) is 36.9 Å². The van der Waals surface area contributed by atoms with Crippen LogP contribution in [0.15, 0.2) is 46.8 Å². The minimum Gasteiger partial charge on any atom is -0.356 e. The molecule has 2 N–H and O–H groups in total. The van der Waals surface area contributed by atoms with Gasteiger partial charge in [0, 0.05) is 49.9 Å². The van der Waals surface area contributed by atoms with Gasteiger partial charge in [0.25, 0.3) is 0 Å². The SMILES string of the molecule is CN=C(NCCCC(=O)N1Cc2ccccc2C1)NCC(C)(C)c1cccs1.I. The van der Waals surface area contributed by atoms with E-state index in [2.05, 4.69) is 59.1 Å². The molecule has 1 amide bonds. The lowest BCUT2D eigenvalue weighted by Gasteiger charge is -2.25. The number of hydrogen-bond donors (Lipinski definition) is 2. The standard InChI is InChI=1S/C22H30N4OS.HI/c1-22(2,19-10-7-13-28-19)16-25-21(23-3)24-12-6-11-20(27)26-14-17-8-4-5-9-18(17)15-26;/h4-5,7-10,13H,6,11-12,14-16H2,1-3H3,(H2,23,24,25);1H. The second-order valence-corrected chi connectivity index (χ2v) is 8.78. The van der Waals surface area contributed by atoms with E-state index in [0.29, 0.717) is 6.42 Å². The van der Waals surface area contributed by atoms with Gasteiger partial charge >= 0.3 is 0 Å². The Kier molecular flexibility index (Phi) is 8.95. The van der Waals surface area contributed by atoms with Crippen LogP contribution < -0.4 is 10.6 Å². The first-order chi connectivity index (χ1) is 13.5. The third-order valence-electron chi connectivity index (χ3n) is 5.16. The third-order valence-corrected chi connectivity index (χ3v) is 6.40. The molecule has 0 spiro atoms. The first-order valence-electron chi connectivity index (χ1n) is 9.82. The number of guanidine groups is 1. The molecule has 0 unspecified atom stereocenters. The first-order valence-corrected chi connectivity index (χ1v) is 10.7. The van der Waals surface area contributed by atoms with Crippen molar-refractivity contribution < 1.29 is 4.79 Å². The van der Waals surface area contributed by atoms with E-state index in [4.69, 9.17) is 0 Å². The van der Waals surface area contributed by atoms with E-state index in [1.54, 1.807) is 18.4 Å². The summed E-state index contributed by atoms with van der Waals surface area (Å²) in [5.41, 5.74) is 2.59. The van der Waals surface area contributed by atoms with Gasteiger partial charge in [-0.15, -0.1) is 35.3 Å². The van der Waals surface area contributed by atoms with Gasteiger partial charge in [0.15, 0.2) is 5.96 Å². The summed E-state index contributed by atoms with van der Waals surface area (Å²) >= 11 is 1.78. The Balaban J connectivity index is 0.00000300. The zero-order valence-electron chi connectivity index (χ0n) is 17.4. The molecule has 29 heavy (non-hydrogen) atoms. The average Bonchev–Trinajstić information content (AvgIpc) is 3.37. The van der Waals surface area contributed by atoms with Crippen LogP contribution in [0.25, 0.3) is 0 Å². The van der Waals surface area contributed by atoms with E-state index < -0.39 is 0 Å². The summed E-state index contributed by atoms with van der Waals surface area (Å²) in [6.45, 7) is 7.47. The minimum atomic E-state index is 0. The molecule has 0 saturated carbocycles. The lowest BCUT2D eigenvalue weighted by atomic mass is 9.91. The minimum absolute atomic E-state index is 0. The number of carbonyl (C=O) groups excluding carboxylic acids is 1. The Hall–Kier alpha value is -1.61. The molecule has 1 aromatic carbocycles. The quantitative estimate of drug-likeness (QED) is 0.247. The van der Waals surface area contributed by atoms with Gasteiger partial charge in [-0.25, -0.2) is 0 Å². The van der Waals surface area contributed by atoms with Crippen LogP contribution in [0.2, 0.25) is 0 Å². The largest absolute Gasteiger partial charge is 0.356 e. The van der Waals surface area contributed by atoms with Crippen molar-refractivity contribution in [2.45, 2.75) is 45.2 Å².